The Labute approximate surface area is 155 Å². The summed E-state index contributed by atoms with van der Waals surface area (Å²) in [6.45, 7) is 6.49. The highest BCUT2D eigenvalue weighted by Crippen LogP contribution is 2.32. The number of hydrogen-bond acceptors (Lipinski definition) is 10. The summed E-state index contributed by atoms with van der Waals surface area (Å²) in [6.07, 6.45) is -0.296. The number of nitrogens with zero attached hydrogens (tertiary/aromatic N) is 5. The molecular formula is C16H24N6O5. The Morgan fingerprint density at radius 1 is 1.48 bits per heavy atom. The normalized spacial score (nSPS) is 23.0. The zero-order valence-corrected chi connectivity index (χ0v) is 15.7. The summed E-state index contributed by atoms with van der Waals surface area (Å²) in [6, 6.07) is 0. The maximum Gasteiger partial charge on any atom is 0.329 e. The molecule has 27 heavy (non-hydrogen) atoms. The molecule has 0 aromatic carbocycles. The lowest BCUT2D eigenvalue weighted by molar-refractivity contribution is -0.144. The van der Waals surface area contributed by atoms with Crippen LogP contribution in [-0.4, -0.2) is 60.1 Å². The third kappa shape index (κ3) is 3.66. The molecule has 1 fully saturated rings. The number of aliphatic hydroxyl groups excluding tert-OH is 2. The molecule has 0 aliphatic carbocycles. The van der Waals surface area contributed by atoms with Crippen LogP contribution in [0.1, 0.15) is 40.3 Å². The van der Waals surface area contributed by atoms with E-state index in [1.165, 1.54) is 18.3 Å². The Morgan fingerprint density at radius 3 is 2.74 bits per heavy atom. The van der Waals surface area contributed by atoms with Crippen LogP contribution in [-0.2, 0) is 14.4 Å². The molecule has 0 spiro atoms. The largest absolute Gasteiger partial charge is 0.394 e. The van der Waals surface area contributed by atoms with Gasteiger partial charge in [0, 0.05) is 13.3 Å². The number of anilines is 2. The van der Waals surface area contributed by atoms with Crippen molar-refractivity contribution < 1.29 is 24.6 Å². The summed E-state index contributed by atoms with van der Waals surface area (Å²) in [5.41, 5.74) is 6.14. The molecule has 2 aromatic rings. The summed E-state index contributed by atoms with van der Waals surface area (Å²) in [5.74, 6) is -0.303. The van der Waals surface area contributed by atoms with Crippen LogP contribution in [0.5, 0.6) is 0 Å². The number of ether oxygens (including phenoxy) is 1. The number of aliphatic hydroxyl groups is 2. The van der Waals surface area contributed by atoms with Gasteiger partial charge in [-0.2, -0.15) is 15.0 Å². The van der Waals surface area contributed by atoms with E-state index in [1.807, 2.05) is 20.8 Å². The first-order valence-corrected chi connectivity index (χ1v) is 8.55. The lowest BCUT2D eigenvalue weighted by atomic mass is 10.1. The highest BCUT2D eigenvalue weighted by atomic mass is 16.7. The molecule has 0 bridgehead atoms. The number of fused-ring (bicyclic) bond motifs is 1. The van der Waals surface area contributed by atoms with E-state index in [2.05, 4.69) is 15.0 Å². The number of carbonyl (C=O) groups excluding carboxylic acids is 1. The number of nitrogens with two attached hydrogens (primary N) is 1. The fourth-order valence-electron chi connectivity index (χ4n) is 2.88. The van der Waals surface area contributed by atoms with Crippen molar-refractivity contribution in [3.8, 4) is 0 Å². The second-order valence-electron chi connectivity index (χ2n) is 7.40. The number of nitrogen functional groups attached to an aromatic ring is 1. The maximum atomic E-state index is 11.5. The van der Waals surface area contributed by atoms with Gasteiger partial charge in [0.05, 0.1) is 24.6 Å². The van der Waals surface area contributed by atoms with E-state index in [0.29, 0.717) is 11.2 Å². The minimum atomic E-state index is -0.803. The maximum absolute atomic E-state index is 11.5. The summed E-state index contributed by atoms with van der Waals surface area (Å²) in [5, 5.41) is 20.6. The van der Waals surface area contributed by atoms with Crippen LogP contribution in [0.4, 0.5) is 11.8 Å². The standard InChI is InChI=1S/C16H24N6O5/c1-8(24)27-22(16(2,3)4)15-19-13(17)12-14(20-15)21(7-18-12)11-5-9(25)10(6-23)26-11/h7,9-11,23,25H,5-6H2,1-4H3,(H2,17,19,20)/t9-,10+,11+/m0/s1. The van der Waals surface area contributed by atoms with Crippen LogP contribution in [0, 0.1) is 0 Å². The number of hydroxylamine groups is 1. The molecule has 1 saturated heterocycles. The SMILES string of the molecule is CC(=O)ON(c1nc(N)c2ncn([C@H]3C[C@H](O)[C@@H](CO)O3)c2n1)C(C)(C)C. The van der Waals surface area contributed by atoms with Gasteiger partial charge in [0.2, 0.25) is 0 Å². The molecule has 3 heterocycles. The molecule has 3 atom stereocenters. The molecule has 148 valence electrons. The zero-order chi connectivity index (χ0) is 19.9. The van der Waals surface area contributed by atoms with Gasteiger partial charge in [-0.3, -0.25) is 9.36 Å². The van der Waals surface area contributed by atoms with Crippen molar-refractivity contribution in [1.29, 1.82) is 0 Å². The Balaban J connectivity index is 2.06. The van der Waals surface area contributed by atoms with Gasteiger partial charge in [-0.25, -0.2) is 4.98 Å². The van der Waals surface area contributed by atoms with Crippen molar-refractivity contribution >= 4 is 28.9 Å². The molecule has 0 radical (unpaired) electrons. The van der Waals surface area contributed by atoms with Crippen molar-refractivity contribution in [2.75, 3.05) is 17.4 Å². The van der Waals surface area contributed by atoms with E-state index in [0.717, 1.165) is 0 Å². The summed E-state index contributed by atoms with van der Waals surface area (Å²) in [7, 11) is 0. The number of carbonyl (C=O) groups is 1. The number of rotatable bonds is 4. The van der Waals surface area contributed by atoms with E-state index >= 15 is 0 Å². The second kappa shape index (κ2) is 6.91. The van der Waals surface area contributed by atoms with E-state index < -0.39 is 29.9 Å². The van der Waals surface area contributed by atoms with Crippen molar-refractivity contribution in [2.45, 2.75) is 58.1 Å². The minimum Gasteiger partial charge on any atom is -0.394 e. The molecule has 3 rings (SSSR count). The molecule has 11 heteroatoms. The van der Waals surface area contributed by atoms with E-state index in [1.54, 1.807) is 4.57 Å². The van der Waals surface area contributed by atoms with Crippen LogP contribution in [0.3, 0.4) is 0 Å². The lowest BCUT2D eigenvalue weighted by Gasteiger charge is -2.32. The van der Waals surface area contributed by atoms with E-state index in [-0.39, 0.29) is 24.8 Å². The van der Waals surface area contributed by atoms with Gasteiger partial charge >= 0.3 is 5.97 Å². The second-order valence-corrected chi connectivity index (χ2v) is 7.40. The van der Waals surface area contributed by atoms with Crippen molar-refractivity contribution in [2.24, 2.45) is 0 Å². The van der Waals surface area contributed by atoms with Gasteiger partial charge in [0.1, 0.15) is 17.8 Å². The van der Waals surface area contributed by atoms with Crippen molar-refractivity contribution in [3.05, 3.63) is 6.33 Å². The average molecular weight is 380 g/mol. The van der Waals surface area contributed by atoms with Gasteiger partial charge in [-0.05, 0) is 20.8 Å². The molecular weight excluding hydrogens is 356 g/mol. The number of hydrogen-bond donors (Lipinski definition) is 3. The molecule has 0 unspecified atom stereocenters. The average Bonchev–Trinajstić information content (AvgIpc) is 3.14. The van der Waals surface area contributed by atoms with Crippen LogP contribution in [0.15, 0.2) is 6.33 Å². The van der Waals surface area contributed by atoms with Gasteiger partial charge in [-0.1, -0.05) is 0 Å². The van der Waals surface area contributed by atoms with E-state index in [9.17, 15) is 15.0 Å². The quantitative estimate of drug-likeness (QED) is 0.625. The topological polar surface area (TPSA) is 149 Å². The Hall–Kier alpha value is -2.50. The van der Waals surface area contributed by atoms with Crippen LogP contribution < -0.4 is 10.8 Å². The Bertz CT molecular complexity index is 848. The molecule has 1 aliphatic rings. The molecule has 1 aliphatic heterocycles. The molecule has 2 aromatic heterocycles. The zero-order valence-electron chi connectivity index (χ0n) is 15.7. The molecule has 0 saturated carbocycles. The lowest BCUT2D eigenvalue weighted by Crippen LogP contribution is -2.43. The molecule has 4 N–H and O–H groups in total. The Morgan fingerprint density at radius 2 is 2.19 bits per heavy atom. The first-order valence-electron chi connectivity index (χ1n) is 8.55. The van der Waals surface area contributed by atoms with Gasteiger partial charge in [-0.15, -0.1) is 0 Å². The summed E-state index contributed by atoms with van der Waals surface area (Å²) in [4.78, 5) is 29.7. The first kappa shape index (κ1) is 19.3. The number of imidazole rings is 1. The highest BCUT2D eigenvalue weighted by molar-refractivity contribution is 5.83. The van der Waals surface area contributed by atoms with Crippen molar-refractivity contribution in [3.63, 3.8) is 0 Å². The van der Waals surface area contributed by atoms with Gasteiger partial charge in [0.15, 0.2) is 11.5 Å². The van der Waals surface area contributed by atoms with Crippen LogP contribution >= 0.6 is 0 Å². The summed E-state index contributed by atoms with van der Waals surface area (Å²) < 4.78 is 7.29. The van der Waals surface area contributed by atoms with Crippen molar-refractivity contribution in [1.82, 2.24) is 19.5 Å². The van der Waals surface area contributed by atoms with E-state index in [4.69, 9.17) is 15.3 Å². The monoisotopic (exact) mass is 380 g/mol. The molecule has 0 amide bonds. The summed E-state index contributed by atoms with van der Waals surface area (Å²) >= 11 is 0. The Kier molecular flexibility index (Phi) is 4.93. The fraction of sp³-hybridized carbons (Fsp3) is 0.625. The van der Waals surface area contributed by atoms with Gasteiger partial charge < -0.3 is 25.5 Å². The smallest absolute Gasteiger partial charge is 0.329 e. The molecule has 11 nitrogen and oxygen atoms in total. The van der Waals surface area contributed by atoms with Crippen LogP contribution in [0.25, 0.3) is 11.2 Å². The minimum absolute atomic E-state index is 0.0988. The highest BCUT2D eigenvalue weighted by Gasteiger charge is 2.36. The van der Waals surface area contributed by atoms with Crippen LogP contribution in [0.2, 0.25) is 0 Å². The predicted octanol–water partition coefficient (Wildman–Crippen LogP) is 0.132. The third-order valence-corrected chi connectivity index (χ3v) is 4.14. The first-order chi connectivity index (χ1) is 12.6. The van der Waals surface area contributed by atoms with Gasteiger partial charge in [0.25, 0.3) is 5.95 Å². The fourth-order valence-corrected chi connectivity index (χ4v) is 2.88. The third-order valence-electron chi connectivity index (χ3n) is 4.14. The number of aromatic nitrogens is 4. The predicted molar refractivity (Wildman–Crippen MR) is 95.4 cm³/mol.